The van der Waals surface area contributed by atoms with Gasteiger partial charge in [-0.3, -0.25) is 9.59 Å². The number of allylic oxidation sites excluding steroid dienone is 1. The molecule has 5 rings (SSSR count). The van der Waals surface area contributed by atoms with Gasteiger partial charge in [0.2, 0.25) is 11.8 Å². The van der Waals surface area contributed by atoms with Gasteiger partial charge in [0.1, 0.15) is 12.2 Å². The van der Waals surface area contributed by atoms with Crippen LogP contribution in [0.3, 0.4) is 0 Å². The summed E-state index contributed by atoms with van der Waals surface area (Å²) >= 11 is 0. The fourth-order valence-electron chi connectivity index (χ4n) is 4.16. The summed E-state index contributed by atoms with van der Waals surface area (Å²) < 4.78 is 1.55. The van der Waals surface area contributed by atoms with E-state index in [0.29, 0.717) is 36.5 Å². The first-order chi connectivity index (χ1) is 18.1. The summed E-state index contributed by atoms with van der Waals surface area (Å²) in [6.07, 6.45) is 12.0. The van der Waals surface area contributed by atoms with Crippen molar-refractivity contribution in [3.05, 3.63) is 90.2 Å². The summed E-state index contributed by atoms with van der Waals surface area (Å²) in [6.45, 7) is 1.98. The van der Waals surface area contributed by atoms with Crippen LogP contribution in [0.1, 0.15) is 42.3 Å². The molecular weight excluding hydrogens is 468 g/mol. The topological polar surface area (TPSA) is 130 Å². The fraction of sp³-hybridized carbons (Fsp3) is 0.185. The van der Waals surface area contributed by atoms with Crippen molar-refractivity contribution in [3.8, 4) is 16.9 Å². The van der Waals surface area contributed by atoms with Crippen molar-refractivity contribution in [2.24, 2.45) is 0 Å². The van der Waals surface area contributed by atoms with Crippen LogP contribution < -0.4 is 10.6 Å². The van der Waals surface area contributed by atoms with Crippen LogP contribution in [0.5, 0.6) is 0 Å². The van der Waals surface area contributed by atoms with Crippen LogP contribution in [0.25, 0.3) is 23.0 Å². The summed E-state index contributed by atoms with van der Waals surface area (Å²) in [5.74, 6) is 0.313. The molecule has 0 saturated carbocycles. The van der Waals surface area contributed by atoms with E-state index in [2.05, 4.69) is 31.1 Å². The number of aromatic nitrogens is 6. The molecule has 0 unspecified atom stereocenters. The van der Waals surface area contributed by atoms with Crippen molar-refractivity contribution < 1.29 is 9.59 Å². The number of hydrogen-bond acceptors (Lipinski definition) is 6. The van der Waals surface area contributed by atoms with Crippen LogP contribution in [0, 0.1) is 6.92 Å². The van der Waals surface area contributed by atoms with Gasteiger partial charge in [-0.2, -0.15) is 4.68 Å². The van der Waals surface area contributed by atoms with E-state index < -0.39 is 0 Å². The lowest BCUT2D eigenvalue weighted by Crippen LogP contribution is -2.27. The van der Waals surface area contributed by atoms with Gasteiger partial charge in [-0.05, 0) is 54.5 Å². The summed E-state index contributed by atoms with van der Waals surface area (Å²) in [4.78, 5) is 33.3. The standard InChI is InChI=1S/C27H26N8O2/c1-18-11-13-24(35-17-29-33-34-35)19(15-18)12-14-26(37)31-22-9-3-2-4-10-25(36)30-21-8-6-5-7-20(21)23-16-28-27(22)32-23/h2-3,5-8,11-17,22H,4,9-10H2,1H3,(H,28,32)(H,30,36)(H,31,37)/b3-2+,14-12+/t22-/m0/s1. The molecule has 186 valence electrons. The molecule has 10 nitrogen and oxygen atoms in total. The Morgan fingerprint density at radius 3 is 2.95 bits per heavy atom. The van der Waals surface area contributed by atoms with E-state index in [9.17, 15) is 9.59 Å². The highest BCUT2D eigenvalue weighted by atomic mass is 16.2. The number of carbonyl (C=O) groups is 2. The lowest BCUT2D eigenvalue weighted by atomic mass is 10.1. The quantitative estimate of drug-likeness (QED) is 0.291. The number of anilines is 1. The van der Waals surface area contributed by atoms with Crippen LogP contribution >= 0.6 is 0 Å². The number of H-pyrrole nitrogens is 1. The molecule has 2 bridgehead atoms. The number of tetrazole rings is 1. The van der Waals surface area contributed by atoms with Crippen molar-refractivity contribution >= 4 is 23.6 Å². The molecule has 0 saturated heterocycles. The Kier molecular flexibility index (Phi) is 6.98. The number of imidazole rings is 1. The molecule has 10 heteroatoms. The van der Waals surface area contributed by atoms with Crippen LogP contribution in [-0.2, 0) is 9.59 Å². The normalized spacial score (nSPS) is 16.7. The van der Waals surface area contributed by atoms with Crippen molar-refractivity contribution in [3.63, 3.8) is 0 Å². The second-order valence-corrected chi connectivity index (χ2v) is 8.72. The summed E-state index contributed by atoms with van der Waals surface area (Å²) in [5, 5.41) is 17.4. The second kappa shape index (κ2) is 10.8. The van der Waals surface area contributed by atoms with E-state index in [1.165, 1.54) is 12.4 Å². The first-order valence-electron chi connectivity index (χ1n) is 12.0. The Morgan fingerprint density at radius 2 is 2.08 bits per heavy atom. The number of aromatic amines is 1. The van der Waals surface area contributed by atoms with Gasteiger partial charge in [0.05, 0.1) is 23.1 Å². The first kappa shape index (κ1) is 23.9. The summed E-state index contributed by atoms with van der Waals surface area (Å²) in [7, 11) is 0. The average Bonchev–Trinajstić information content (AvgIpc) is 3.60. The predicted molar refractivity (Wildman–Crippen MR) is 139 cm³/mol. The number of nitrogens with zero attached hydrogens (tertiary/aromatic N) is 5. The van der Waals surface area contributed by atoms with Crippen LogP contribution in [-0.4, -0.2) is 42.0 Å². The first-order valence-corrected chi connectivity index (χ1v) is 12.0. The lowest BCUT2D eigenvalue weighted by molar-refractivity contribution is -0.117. The predicted octanol–water partition coefficient (Wildman–Crippen LogP) is 3.91. The van der Waals surface area contributed by atoms with Gasteiger partial charge in [0, 0.05) is 29.8 Å². The number of aryl methyl sites for hydroxylation is 1. The van der Waals surface area contributed by atoms with E-state index in [1.54, 1.807) is 17.0 Å². The van der Waals surface area contributed by atoms with Gasteiger partial charge < -0.3 is 15.6 Å². The van der Waals surface area contributed by atoms with Crippen molar-refractivity contribution in [1.29, 1.82) is 0 Å². The van der Waals surface area contributed by atoms with Gasteiger partial charge in [0.25, 0.3) is 0 Å². The molecule has 3 heterocycles. The number of hydrogen-bond donors (Lipinski definition) is 3. The number of nitrogens with one attached hydrogen (secondary N) is 3. The van der Waals surface area contributed by atoms with Gasteiger partial charge in [-0.25, -0.2) is 4.98 Å². The molecule has 0 aliphatic carbocycles. The van der Waals surface area contributed by atoms with Crippen LogP contribution in [0.15, 0.2) is 73.2 Å². The molecule has 2 aromatic carbocycles. The Balaban J connectivity index is 1.39. The average molecular weight is 495 g/mol. The Bertz CT molecular complexity index is 1470. The van der Waals surface area contributed by atoms with Gasteiger partial charge in [-0.15, -0.1) is 5.10 Å². The largest absolute Gasteiger partial charge is 0.346 e. The maximum Gasteiger partial charge on any atom is 0.244 e. The number of benzene rings is 2. The molecule has 1 aliphatic heterocycles. The van der Waals surface area contributed by atoms with E-state index in [-0.39, 0.29) is 17.9 Å². The summed E-state index contributed by atoms with van der Waals surface area (Å²) in [5.41, 5.74) is 4.83. The van der Waals surface area contributed by atoms with E-state index >= 15 is 0 Å². The third-order valence-corrected chi connectivity index (χ3v) is 5.99. The molecule has 2 amide bonds. The molecule has 0 radical (unpaired) electrons. The van der Waals surface area contributed by atoms with Crippen LogP contribution in [0.2, 0.25) is 0 Å². The zero-order valence-electron chi connectivity index (χ0n) is 20.3. The molecule has 0 spiro atoms. The molecule has 3 N–H and O–H groups in total. The highest BCUT2D eigenvalue weighted by Crippen LogP contribution is 2.28. The van der Waals surface area contributed by atoms with Crippen molar-refractivity contribution in [2.45, 2.75) is 32.2 Å². The molecule has 0 fully saturated rings. The van der Waals surface area contributed by atoms with E-state index in [4.69, 9.17) is 4.98 Å². The molecule has 1 aliphatic rings. The third kappa shape index (κ3) is 5.69. The van der Waals surface area contributed by atoms with Crippen molar-refractivity contribution in [1.82, 2.24) is 35.5 Å². The van der Waals surface area contributed by atoms with E-state index in [1.807, 2.05) is 61.5 Å². The fourth-order valence-corrected chi connectivity index (χ4v) is 4.16. The minimum Gasteiger partial charge on any atom is -0.346 e. The zero-order valence-corrected chi connectivity index (χ0v) is 20.3. The molecule has 1 atom stereocenters. The number of amides is 2. The smallest absolute Gasteiger partial charge is 0.244 e. The monoisotopic (exact) mass is 494 g/mol. The highest BCUT2D eigenvalue weighted by molar-refractivity contribution is 5.95. The highest BCUT2D eigenvalue weighted by Gasteiger charge is 2.18. The summed E-state index contributed by atoms with van der Waals surface area (Å²) in [6, 6.07) is 13.0. The minimum atomic E-state index is -0.379. The zero-order chi connectivity index (χ0) is 25.6. The van der Waals surface area contributed by atoms with Gasteiger partial charge in [0.15, 0.2) is 0 Å². The van der Waals surface area contributed by atoms with Crippen LogP contribution in [0.4, 0.5) is 5.69 Å². The Labute approximate surface area is 213 Å². The third-order valence-electron chi connectivity index (χ3n) is 5.99. The second-order valence-electron chi connectivity index (χ2n) is 8.72. The van der Waals surface area contributed by atoms with Gasteiger partial charge in [-0.1, -0.05) is 42.0 Å². The molecule has 37 heavy (non-hydrogen) atoms. The minimum absolute atomic E-state index is 0.0562. The number of carbonyl (C=O) groups excluding carboxylic acids is 2. The maximum atomic E-state index is 13.0. The molecule has 4 aromatic rings. The Hall–Kier alpha value is -4.86. The van der Waals surface area contributed by atoms with Gasteiger partial charge >= 0.3 is 0 Å². The molecular formula is C27H26N8O2. The van der Waals surface area contributed by atoms with E-state index in [0.717, 1.165) is 22.4 Å². The SMILES string of the molecule is Cc1ccc(-n2cnnn2)c(/C=C/C(=O)N[C@H]2C/C=C/CCC(=O)Nc3ccccc3-c3c[nH]c2n3)c1. The maximum absolute atomic E-state index is 13.0. The molecule has 2 aromatic heterocycles. The number of fused-ring (bicyclic) bond motifs is 4. The lowest BCUT2D eigenvalue weighted by Gasteiger charge is -2.14. The number of para-hydroxylation sites is 1. The van der Waals surface area contributed by atoms with Crippen molar-refractivity contribution in [2.75, 3.05) is 5.32 Å². The number of rotatable bonds is 4. The Morgan fingerprint density at radius 1 is 1.19 bits per heavy atom.